The van der Waals surface area contributed by atoms with Crippen LogP contribution in [-0.2, 0) is 9.53 Å². The van der Waals surface area contributed by atoms with Gasteiger partial charge in [-0.3, -0.25) is 4.79 Å². The van der Waals surface area contributed by atoms with Crippen LogP contribution in [-0.4, -0.2) is 24.0 Å². The van der Waals surface area contributed by atoms with Crippen LogP contribution in [0, 0.1) is 0 Å². The first-order chi connectivity index (χ1) is 8.43. The monoisotopic (exact) mass is 278 g/mol. The van der Waals surface area contributed by atoms with E-state index in [0.717, 1.165) is 11.8 Å². The molecule has 1 rings (SSSR count). The molecule has 1 atom stereocenters. The second kappa shape index (κ2) is 6.68. The van der Waals surface area contributed by atoms with Crippen molar-refractivity contribution >= 4 is 17.7 Å². The SMILES string of the molecule is CCC(=O)O[C@H](CSc1ccccc1)C(F)(F)F. The van der Waals surface area contributed by atoms with E-state index in [2.05, 4.69) is 4.74 Å². The van der Waals surface area contributed by atoms with Gasteiger partial charge < -0.3 is 4.74 Å². The summed E-state index contributed by atoms with van der Waals surface area (Å²) in [7, 11) is 0. The standard InChI is InChI=1S/C12H13F3O2S/c1-2-11(16)17-10(12(13,14)15)8-18-9-6-4-3-5-7-9/h3-7,10H,2,8H2,1H3/t10-/m1/s1. The fourth-order valence-corrected chi connectivity index (χ4v) is 2.08. The minimum atomic E-state index is -4.54. The van der Waals surface area contributed by atoms with E-state index in [1.165, 1.54) is 6.92 Å². The van der Waals surface area contributed by atoms with Crippen LogP contribution in [0.15, 0.2) is 35.2 Å². The lowest BCUT2D eigenvalue weighted by molar-refractivity contribution is -0.214. The molecule has 1 aromatic carbocycles. The maximum absolute atomic E-state index is 12.6. The van der Waals surface area contributed by atoms with Crippen molar-refractivity contribution < 1.29 is 22.7 Å². The zero-order chi connectivity index (χ0) is 13.6. The molecule has 0 fully saturated rings. The zero-order valence-corrected chi connectivity index (χ0v) is 10.6. The fraction of sp³-hybridized carbons (Fsp3) is 0.417. The predicted octanol–water partition coefficient (Wildman–Crippen LogP) is 3.66. The normalized spacial score (nSPS) is 13.1. The molecule has 0 bridgehead atoms. The first-order valence-corrected chi connectivity index (χ1v) is 6.36. The molecule has 2 nitrogen and oxygen atoms in total. The quantitative estimate of drug-likeness (QED) is 0.607. The average Bonchev–Trinajstić information content (AvgIpc) is 2.34. The molecule has 0 N–H and O–H groups in total. The highest BCUT2D eigenvalue weighted by Gasteiger charge is 2.42. The third-order valence-corrected chi connectivity index (χ3v) is 3.15. The van der Waals surface area contributed by atoms with Gasteiger partial charge in [0.1, 0.15) is 0 Å². The Hall–Kier alpha value is -1.17. The molecular formula is C12H13F3O2S. The molecule has 18 heavy (non-hydrogen) atoms. The van der Waals surface area contributed by atoms with Crippen molar-refractivity contribution in [2.45, 2.75) is 30.5 Å². The van der Waals surface area contributed by atoms with Crippen LogP contribution in [0.2, 0.25) is 0 Å². The van der Waals surface area contributed by atoms with Gasteiger partial charge in [-0.2, -0.15) is 13.2 Å². The summed E-state index contributed by atoms with van der Waals surface area (Å²) in [6.45, 7) is 1.46. The van der Waals surface area contributed by atoms with Crippen molar-refractivity contribution in [1.82, 2.24) is 0 Å². The van der Waals surface area contributed by atoms with E-state index < -0.39 is 18.2 Å². The summed E-state index contributed by atoms with van der Waals surface area (Å²) < 4.78 is 42.3. The predicted molar refractivity (Wildman–Crippen MR) is 63.4 cm³/mol. The lowest BCUT2D eigenvalue weighted by Crippen LogP contribution is -2.35. The first-order valence-electron chi connectivity index (χ1n) is 5.37. The van der Waals surface area contributed by atoms with Crippen molar-refractivity contribution in [2.24, 2.45) is 0 Å². The summed E-state index contributed by atoms with van der Waals surface area (Å²) >= 11 is 1.01. The minimum Gasteiger partial charge on any atom is -0.452 e. The summed E-state index contributed by atoms with van der Waals surface area (Å²) in [6.07, 6.45) is -6.66. The number of hydrogen-bond acceptors (Lipinski definition) is 3. The second-order valence-corrected chi connectivity index (χ2v) is 4.59. The molecule has 0 aliphatic heterocycles. The van der Waals surface area contributed by atoms with Crippen LogP contribution in [0.1, 0.15) is 13.3 Å². The summed E-state index contributed by atoms with van der Waals surface area (Å²) in [5.74, 6) is -1.18. The van der Waals surface area contributed by atoms with Gasteiger partial charge in [0.15, 0.2) is 0 Å². The van der Waals surface area contributed by atoms with E-state index in [0.29, 0.717) is 4.90 Å². The van der Waals surface area contributed by atoms with Gasteiger partial charge in [0, 0.05) is 17.1 Å². The van der Waals surface area contributed by atoms with Gasteiger partial charge in [-0.05, 0) is 12.1 Å². The highest BCUT2D eigenvalue weighted by Crippen LogP contribution is 2.29. The molecule has 0 radical (unpaired) electrons. The highest BCUT2D eigenvalue weighted by molar-refractivity contribution is 7.99. The Morgan fingerprint density at radius 3 is 2.44 bits per heavy atom. The maximum Gasteiger partial charge on any atom is 0.426 e. The number of hydrogen-bond donors (Lipinski definition) is 0. The lowest BCUT2D eigenvalue weighted by Gasteiger charge is -2.20. The number of carbonyl (C=O) groups excluding carboxylic acids is 1. The maximum atomic E-state index is 12.6. The van der Waals surface area contributed by atoms with Gasteiger partial charge in [0.25, 0.3) is 0 Å². The summed E-state index contributed by atoms with van der Waals surface area (Å²) in [5.41, 5.74) is 0. The van der Waals surface area contributed by atoms with E-state index >= 15 is 0 Å². The van der Waals surface area contributed by atoms with Crippen molar-refractivity contribution in [3.63, 3.8) is 0 Å². The molecule has 1 aromatic rings. The van der Waals surface area contributed by atoms with E-state index in [1.54, 1.807) is 30.3 Å². The van der Waals surface area contributed by atoms with Crippen LogP contribution in [0.25, 0.3) is 0 Å². The Balaban J connectivity index is 2.59. The third-order valence-electron chi connectivity index (χ3n) is 2.07. The Morgan fingerprint density at radius 2 is 1.94 bits per heavy atom. The number of esters is 1. The van der Waals surface area contributed by atoms with E-state index in [4.69, 9.17) is 0 Å². The molecule has 0 aliphatic rings. The Kier molecular flexibility index (Phi) is 5.53. The van der Waals surface area contributed by atoms with E-state index in [9.17, 15) is 18.0 Å². The first kappa shape index (κ1) is 14.9. The number of alkyl halides is 3. The molecule has 0 amide bonds. The largest absolute Gasteiger partial charge is 0.452 e. The Labute approximate surface area is 108 Å². The topological polar surface area (TPSA) is 26.3 Å². The number of halogens is 3. The summed E-state index contributed by atoms with van der Waals surface area (Å²) in [6, 6.07) is 8.67. The molecule has 0 saturated carbocycles. The molecule has 0 aromatic heterocycles. The van der Waals surface area contributed by atoms with Crippen molar-refractivity contribution in [3.8, 4) is 0 Å². The van der Waals surface area contributed by atoms with Gasteiger partial charge in [-0.25, -0.2) is 0 Å². The van der Waals surface area contributed by atoms with E-state index in [-0.39, 0.29) is 12.2 Å². The van der Waals surface area contributed by atoms with Crippen LogP contribution < -0.4 is 0 Å². The Morgan fingerprint density at radius 1 is 1.33 bits per heavy atom. The molecule has 0 saturated heterocycles. The fourth-order valence-electron chi connectivity index (χ4n) is 1.13. The summed E-state index contributed by atoms with van der Waals surface area (Å²) in [5, 5.41) is 0. The number of ether oxygens (including phenoxy) is 1. The highest BCUT2D eigenvalue weighted by atomic mass is 32.2. The molecule has 0 spiro atoms. The summed E-state index contributed by atoms with van der Waals surface area (Å²) in [4.78, 5) is 11.7. The average molecular weight is 278 g/mol. The molecule has 0 unspecified atom stereocenters. The van der Waals surface area contributed by atoms with Crippen molar-refractivity contribution in [3.05, 3.63) is 30.3 Å². The molecule has 0 aliphatic carbocycles. The number of benzene rings is 1. The Bertz CT molecular complexity index is 379. The van der Waals surface area contributed by atoms with Crippen LogP contribution in [0.3, 0.4) is 0 Å². The van der Waals surface area contributed by atoms with Gasteiger partial charge in [-0.1, -0.05) is 25.1 Å². The van der Waals surface area contributed by atoms with Gasteiger partial charge in [-0.15, -0.1) is 11.8 Å². The minimum absolute atomic E-state index is 0.0669. The van der Waals surface area contributed by atoms with Gasteiger partial charge in [0.2, 0.25) is 6.10 Å². The van der Waals surface area contributed by atoms with Crippen LogP contribution in [0.4, 0.5) is 13.2 Å². The third kappa shape index (κ3) is 5.00. The number of carbonyl (C=O) groups is 1. The van der Waals surface area contributed by atoms with Gasteiger partial charge >= 0.3 is 12.1 Å². The smallest absolute Gasteiger partial charge is 0.426 e. The lowest BCUT2D eigenvalue weighted by atomic mass is 10.4. The molecular weight excluding hydrogens is 265 g/mol. The zero-order valence-electron chi connectivity index (χ0n) is 9.74. The molecule has 0 heterocycles. The van der Waals surface area contributed by atoms with Gasteiger partial charge in [0.05, 0.1) is 0 Å². The molecule has 6 heteroatoms. The van der Waals surface area contributed by atoms with Crippen molar-refractivity contribution in [2.75, 3.05) is 5.75 Å². The van der Waals surface area contributed by atoms with Crippen molar-refractivity contribution in [1.29, 1.82) is 0 Å². The van der Waals surface area contributed by atoms with Crippen LogP contribution in [0.5, 0.6) is 0 Å². The van der Waals surface area contributed by atoms with E-state index in [1.807, 2.05) is 0 Å². The molecule has 100 valence electrons. The van der Waals surface area contributed by atoms with Crippen LogP contribution >= 0.6 is 11.8 Å². The second-order valence-electron chi connectivity index (χ2n) is 3.50. The number of rotatable bonds is 5. The number of thioether (sulfide) groups is 1.